The second kappa shape index (κ2) is 6.27. The number of rotatable bonds is 3. The highest BCUT2D eigenvalue weighted by atomic mass is 19.4. The SMILES string of the molecule is CC(=O)Nc1ccc(C)c(NC(=O)OCC(F)(F)F)c1. The fraction of sp³-hybridized carbons (Fsp3) is 0.333. The maximum absolute atomic E-state index is 11.9. The van der Waals surface area contributed by atoms with Crippen molar-refractivity contribution in [2.24, 2.45) is 0 Å². The number of anilines is 2. The predicted molar refractivity (Wildman–Crippen MR) is 66.5 cm³/mol. The summed E-state index contributed by atoms with van der Waals surface area (Å²) in [6, 6.07) is 4.62. The third-order valence-electron chi connectivity index (χ3n) is 2.16. The first-order chi connectivity index (χ1) is 9.17. The highest BCUT2D eigenvalue weighted by Gasteiger charge is 2.29. The first-order valence-electron chi connectivity index (χ1n) is 5.56. The van der Waals surface area contributed by atoms with Gasteiger partial charge in [-0.15, -0.1) is 0 Å². The summed E-state index contributed by atoms with van der Waals surface area (Å²) in [6.45, 7) is 1.30. The van der Waals surface area contributed by atoms with Gasteiger partial charge in [-0.2, -0.15) is 13.2 Å². The van der Waals surface area contributed by atoms with Crippen molar-refractivity contribution in [1.29, 1.82) is 0 Å². The molecular formula is C12H13F3N2O3. The molecule has 0 unspecified atom stereocenters. The monoisotopic (exact) mass is 290 g/mol. The van der Waals surface area contributed by atoms with E-state index >= 15 is 0 Å². The molecule has 0 heterocycles. The maximum Gasteiger partial charge on any atom is 0.422 e. The van der Waals surface area contributed by atoms with Crippen LogP contribution >= 0.6 is 0 Å². The predicted octanol–water partition coefficient (Wildman–Crippen LogP) is 3.06. The molecule has 0 aliphatic heterocycles. The number of amides is 2. The van der Waals surface area contributed by atoms with Crippen LogP contribution < -0.4 is 10.6 Å². The van der Waals surface area contributed by atoms with E-state index in [1.165, 1.54) is 13.0 Å². The average molecular weight is 290 g/mol. The molecule has 0 radical (unpaired) electrons. The van der Waals surface area contributed by atoms with Crippen molar-refractivity contribution < 1.29 is 27.5 Å². The number of benzene rings is 1. The molecule has 0 fully saturated rings. The lowest BCUT2D eigenvalue weighted by atomic mass is 10.2. The quantitative estimate of drug-likeness (QED) is 0.899. The molecule has 1 aromatic carbocycles. The number of carbonyl (C=O) groups is 2. The molecule has 0 aromatic heterocycles. The summed E-state index contributed by atoms with van der Waals surface area (Å²) in [4.78, 5) is 22.1. The van der Waals surface area contributed by atoms with Crippen LogP contribution in [-0.2, 0) is 9.53 Å². The molecule has 2 amide bonds. The van der Waals surface area contributed by atoms with E-state index in [0.29, 0.717) is 11.3 Å². The lowest BCUT2D eigenvalue weighted by molar-refractivity contribution is -0.159. The summed E-state index contributed by atoms with van der Waals surface area (Å²) in [5.74, 6) is -0.306. The van der Waals surface area contributed by atoms with Crippen molar-refractivity contribution in [1.82, 2.24) is 0 Å². The molecule has 0 aliphatic rings. The molecule has 0 spiro atoms. The van der Waals surface area contributed by atoms with Crippen LogP contribution in [0.2, 0.25) is 0 Å². The van der Waals surface area contributed by atoms with Crippen LogP contribution in [0, 0.1) is 6.92 Å². The Balaban J connectivity index is 2.71. The number of hydrogen-bond donors (Lipinski definition) is 2. The molecule has 0 saturated heterocycles. The van der Waals surface area contributed by atoms with Gasteiger partial charge >= 0.3 is 12.3 Å². The van der Waals surface area contributed by atoms with Crippen molar-refractivity contribution in [3.05, 3.63) is 23.8 Å². The topological polar surface area (TPSA) is 67.4 Å². The van der Waals surface area contributed by atoms with Gasteiger partial charge < -0.3 is 10.1 Å². The summed E-state index contributed by atoms with van der Waals surface area (Å²) < 4.78 is 39.7. The Morgan fingerprint density at radius 1 is 1.25 bits per heavy atom. The molecule has 0 saturated carbocycles. The Labute approximate surface area is 113 Å². The Morgan fingerprint density at radius 3 is 2.45 bits per heavy atom. The van der Waals surface area contributed by atoms with Crippen molar-refractivity contribution >= 4 is 23.4 Å². The Hall–Kier alpha value is -2.25. The number of nitrogens with one attached hydrogen (secondary N) is 2. The summed E-state index contributed by atoms with van der Waals surface area (Å²) in [7, 11) is 0. The van der Waals surface area contributed by atoms with Crippen molar-refractivity contribution in [2.75, 3.05) is 17.2 Å². The van der Waals surface area contributed by atoms with Crippen LogP contribution in [0.3, 0.4) is 0 Å². The van der Waals surface area contributed by atoms with E-state index in [1.54, 1.807) is 19.1 Å². The molecule has 0 atom stereocenters. The van der Waals surface area contributed by atoms with Gasteiger partial charge in [0.2, 0.25) is 5.91 Å². The first-order valence-corrected chi connectivity index (χ1v) is 5.56. The number of ether oxygens (including phenoxy) is 1. The standard InChI is InChI=1S/C12H13F3N2O3/c1-7-3-4-9(16-8(2)18)5-10(7)17-11(19)20-6-12(13,14)15/h3-5H,6H2,1-2H3,(H,16,18)(H,17,19). The van der Waals surface area contributed by atoms with E-state index in [-0.39, 0.29) is 11.6 Å². The molecule has 1 rings (SSSR count). The van der Waals surface area contributed by atoms with Gasteiger partial charge in [-0.1, -0.05) is 6.07 Å². The minimum absolute atomic E-state index is 0.253. The van der Waals surface area contributed by atoms with E-state index in [9.17, 15) is 22.8 Å². The fourth-order valence-electron chi connectivity index (χ4n) is 1.33. The van der Waals surface area contributed by atoms with Crippen molar-refractivity contribution in [3.63, 3.8) is 0 Å². The molecule has 2 N–H and O–H groups in total. The van der Waals surface area contributed by atoms with E-state index in [2.05, 4.69) is 15.4 Å². The van der Waals surface area contributed by atoms with Crippen LogP contribution in [0.1, 0.15) is 12.5 Å². The summed E-state index contributed by atoms with van der Waals surface area (Å²) in [5.41, 5.74) is 1.28. The minimum Gasteiger partial charge on any atom is -0.440 e. The van der Waals surface area contributed by atoms with Crippen LogP contribution in [0.25, 0.3) is 0 Å². The zero-order valence-corrected chi connectivity index (χ0v) is 10.8. The third-order valence-corrected chi connectivity index (χ3v) is 2.16. The number of hydrogen-bond acceptors (Lipinski definition) is 3. The summed E-state index contributed by atoms with van der Waals surface area (Å²) in [6.07, 6.45) is -5.80. The first kappa shape index (κ1) is 15.8. The van der Waals surface area contributed by atoms with Crippen LogP contribution in [0.15, 0.2) is 18.2 Å². The molecule has 1 aromatic rings. The van der Waals surface area contributed by atoms with Crippen molar-refractivity contribution in [3.8, 4) is 0 Å². The van der Waals surface area contributed by atoms with E-state index in [0.717, 1.165) is 0 Å². The average Bonchev–Trinajstić information content (AvgIpc) is 2.29. The minimum atomic E-state index is -4.58. The van der Waals surface area contributed by atoms with Gasteiger partial charge in [0, 0.05) is 18.3 Å². The fourth-order valence-corrected chi connectivity index (χ4v) is 1.33. The number of alkyl halides is 3. The van der Waals surface area contributed by atoms with Crippen LogP contribution in [-0.4, -0.2) is 24.8 Å². The maximum atomic E-state index is 11.9. The summed E-state index contributed by atoms with van der Waals surface area (Å²) in [5, 5.41) is 4.67. The summed E-state index contributed by atoms with van der Waals surface area (Å²) >= 11 is 0. The number of aryl methyl sites for hydroxylation is 1. The highest BCUT2D eigenvalue weighted by molar-refractivity contribution is 5.91. The Morgan fingerprint density at radius 2 is 1.90 bits per heavy atom. The number of carbonyl (C=O) groups excluding carboxylic acids is 2. The third kappa shape index (κ3) is 5.59. The largest absolute Gasteiger partial charge is 0.440 e. The van der Waals surface area contributed by atoms with Gasteiger partial charge in [0.15, 0.2) is 6.61 Å². The Kier molecular flexibility index (Phi) is 4.95. The molecule has 0 bridgehead atoms. The Bertz CT molecular complexity index is 515. The van der Waals surface area contributed by atoms with Gasteiger partial charge in [-0.3, -0.25) is 10.1 Å². The molecular weight excluding hydrogens is 277 g/mol. The second-order valence-electron chi connectivity index (χ2n) is 4.03. The number of halogens is 3. The zero-order chi connectivity index (χ0) is 15.3. The smallest absolute Gasteiger partial charge is 0.422 e. The van der Waals surface area contributed by atoms with E-state index in [1.807, 2.05) is 0 Å². The van der Waals surface area contributed by atoms with Gasteiger partial charge in [0.1, 0.15) is 0 Å². The van der Waals surface area contributed by atoms with E-state index in [4.69, 9.17) is 0 Å². The molecule has 20 heavy (non-hydrogen) atoms. The molecule has 8 heteroatoms. The van der Waals surface area contributed by atoms with Gasteiger partial charge in [0.05, 0.1) is 0 Å². The zero-order valence-electron chi connectivity index (χ0n) is 10.8. The highest BCUT2D eigenvalue weighted by Crippen LogP contribution is 2.21. The lowest BCUT2D eigenvalue weighted by Gasteiger charge is -2.12. The van der Waals surface area contributed by atoms with E-state index < -0.39 is 18.9 Å². The molecule has 110 valence electrons. The lowest BCUT2D eigenvalue weighted by Crippen LogP contribution is -2.23. The molecule has 0 aliphatic carbocycles. The van der Waals surface area contributed by atoms with Crippen LogP contribution in [0.4, 0.5) is 29.3 Å². The van der Waals surface area contributed by atoms with Crippen molar-refractivity contribution in [2.45, 2.75) is 20.0 Å². The van der Waals surface area contributed by atoms with Gasteiger partial charge in [-0.25, -0.2) is 4.79 Å². The normalized spacial score (nSPS) is 10.8. The van der Waals surface area contributed by atoms with Crippen LogP contribution in [0.5, 0.6) is 0 Å². The second-order valence-corrected chi connectivity index (χ2v) is 4.03. The van der Waals surface area contributed by atoms with Gasteiger partial charge in [-0.05, 0) is 24.6 Å². The van der Waals surface area contributed by atoms with Gasteiger partial charge in [0.25, 0.3) is 0 Å². The molecule has 5 nitrogen and oxygen atoms in total.